The number of carbonyl (C=O) groups excluding carboxylic acids is 1. The molecular formula is C20H18FN3O7. The summed E-state index contributed by atoms with van der Waals surface area (Å²) in [6, 6.07) is 11.0. The summed E-state index contributed by atoms with van der Waals surface area (Å²) in [4.78, 5) is 23.2. The number of benzene rings is 2. The first-order valence-electron chi connectivity index (χ1n) is 8.93. The number of phenols is 1. The highest BCUT2D eigenvalue weighted by atomic mass is 19.1. The zero-order valence-electron chi connectivity index (χ0n) is 15.9. The minimum absolute atomic E-state index is 0.00832. The summed E-state index contributed by atoms with van der Waals surface area (Å²) in [7, 11) is 0. The summed E-state index contributed by atoms with van der Waals surface area (Å²) in [5, 5.41) is 42.1. The SMILES string of the molecule is O=C(NN(Cc1ccc(-c2cc(F)ccc2O)cc1)C[C@H](O)C(=O)O)c1cc(O)no1. The molecular weight excluding hydrogens is 413 g/mol. The molecule has 3 aromatic rings. The number of carboxylic acids is 1. The quantitative estimate of drug-likeness (QED) is 0.333. The summed E-state index contributed by atoms with van der Waals surface area (Å²) < 4.78 is 18.1. The average molecular weight is 431 g/mol. The van der Waals surface area contributed by atoms with Crippen LogP contribution in [0.2, 0.25) is 0 Å². The topological polar surface area (TPSA) is 156 Å². The van der Waals surface area contributed by atoms with E-state index >= 15 is 0 Å². The van der Waals surface area contributed by atoms with Crippen LogP contribution in [0.5, 0.6) is 11.6 Å². The van der Waals surface area contributed by atoms with Crippen molar-refractivity contribution < 1.29 is 38.9 Å². The number of phenolic OH excluding ortho intramolecular Hbond substituents is 1. The molecule has 2 aromatic carbocycles. The highest BCUT2D eigenvalue weighted by Crippen LogP contribution is 2.30. The molecule has 0 aliphatic heterocycles. The maximum Gasteiger partial charge on any atom is 0.333 e. The van der Waals surface area contributed by atoms with Crippen LogP contribution in [0.25, 0.3) is 11.1 Å². The highest BCUT2D eigenvalue weighted by Gasteiger charge is 2.22. The maximum atomic E-state index is 13.5. The second-order valence-corrected chi connectivity index (χ2v) is 6.58. The number of aliphatic hydroxyl groups is 1. The van der Waals surface area contributed by atoms with Gasteiger partial charge in [-0.15, -0.1) is 0 Å². The predicted octanol–water partition coefficient (Wildman–Crippen LogP) is 1.48. The molecule has 0 unspecified atom stereocenters. The lowest BCUT2D eigenvalue weighted by atomic mass is 10.0. The minimum Gasteiger partial charge on any atom is -0.507 e. The van der Waals surface area contributed by atoms with E-state index in [1.807, 2.05) is 0 Å². The van der Waals surface area contributed by atoms with E-state index in [0.29, 0.717) is 16.7 Å². The fourth-order valence-corrected chi connectivity index (χ4v) is 2.76. The lowest BCUT2D eigenvalue weighted by Crippen LogP contribution is -2.47. The van der Waals surface area contributed by atoms with Crippen molar-refractivity contribution in [2.24, 2.45) is 0 Å². The molecule has 162 valence electrons. The normalized spacial score (nSPS) is 12.0. The van der Waals surface area contributed by atoms with Gasteiger partial charge in [-0.05, 0) is 34.5 Å². The number of hydrogen-bond donors (Lipinski definition) is 5. The fraction of sp³-hybridized carbons (Fsp3) is 0.150. The molecule has 0 spiro atoms. The molecule has 11 heteroatoms. The Morgan fingerprint density at radius 2 is 1.84 bits per heavy atom. The third-order valence-corrected chi connectivity index (χ3v) is 4.26. The van der Waals surface area contributed by atoms with Crippen molar-refractivity contribution in [3.8, 4) is 22.8 Å². The molecule has 0 bridgehead atoms. The number of carbonyl (C=O) groups is 2. The number of carboxylic acid groups (broad SMARTS) is 1. The fourth-order valence-electron chi connectivity index (χ4n) is 2.76. The molecule has 1 amide bonds. The van der Waals surface area contributed by atoms with Crippen LogP contribution in [0.1, 0.15) is 16.1 Å². The van der Waals surface area contributed by atoms with Crippen molar-refractivity contribution in [2.75, 3.05) is 6.54 Å². The average Bonchev–Trinajstić information content (AvgIpc) is 3.17. The van der Waals surface area contributed by atoms with Crippen molar-refractivity contribution in [1.29, 1.82) is 0 Å². The van der Waals surface area contributed by atoms with Gasteiger partial charge in [0.25, 0.3) is 5.88 Å². The number of hydrogen-bond acceptors (Lipinski definition) is 8. The van der Waals surface area contributed by atoms with Gasteiger partial charge in [0.1, 0.15) is 11.6 Å². The Hall–Kier alpha value is -3.96. The molecule has 0 aliphatic rings. The Kier molecular flexibility index (Phi) is 6.48. The number of rotatable bonds is 8. The molecule has 10 nitrogen and oxygen atoms in total. The van der Waals surface area contributed by atoms with Gasteiger partial charge in [-0.3, -0.25) is 10.2 Å². The molecule has 31 heavy (non-hydrogen) atoms. The minimum atomic E-state index is -1.79. The summed E-state index contributed by atoms with van der Waals surface area (Å²) in [5.74, 6) is -3.71. The van der Waals surface area contributed by atoms with E-state index in [-0.39, 0.29) is 18.1 Å². The van der Waals surface area contributed by atoms with Gasteiger partial charge in [-0.2, -0.15) is 0 Å². The van der Waals surface area contributed by atoms with Crippen LogP contribution < -0.4 is 5.43 Å². The number of nitrogens with zero attached hydrogens (tertiary/aromatic N) is 2. The number of nitrogens with one attached hydrogen (secondary N) is 1. The molecule has 1 heterocycles. The van der Waals surface area contributed by atoms with Gasteiger partial charge in [0, 0.05) is 12.1 Å². The zero-order chi connectivity index (χ0) is 22.5. The van der Waals surface area contributed by atoms with E-state index in [4.69, 9.17) is 5.11 Å². The van der Waals surface area contributed by atoms with E-state index in [1.54, 1.807) is 24.3 Å². The maximum absolute atomic E-state index is 13.5. The second kappa shape index (κ2) is 9.24. The number of hydrazine groups is 1. The number of halogens is 1. The lowest BCUT2D eigenvalue weighted by Gasteiger charge is -2.24. The van der Waals surface area contributed by atoms with Crippen LogP contribution in [0.15, 0.2) is 53.1 Å². The van der Waals surface area contributed by atoms with Crippen LogP contribution in [0, 0.1) is 5.82 Å². The predicted molar refractivity (Wildman–Crippen MR) is 103 cm³/mol. The van der Waals surface area contributed by atoms with Crippen molar-refractivity contribution >= 4 is 11.9 Å². The first-order chi connectivity index (χ1) is 14.7. The van der Waals surface area contributed by atoms with Crippen molar-refractivity contribution in [2.45, 2.75) is 12.6 Å². The number of aliphatic carboxylic acids is 1. The Morgan fingerprint density at radius 3 is 2.45 bits per heavy atom. The smallest absolute Gasteiger partial charge is 0.333 e. The third-order valence-electron chi connectivity index (χ3n) is 4.26. The molecule has 0 radical (unpaired) electrons. The Bertz CT molecular complexity index is 1080. The van der Waals surface area contributed by atoms with Gasteiger partial charge in [0.2, 0.25) is 5.76 Å². The van der Waals surface area contributed by atoms with Crippen LogP contribution in [-0.4, -0.2) is 55.1 Å². The lowest BCUT2D eigenvalue weighted by molar-refractivity contribution is -0.148. The molecule has 5 N–H and O–H groups in total. The highest BCUT2D eigenvalue weighted by molar-refractivity contribution is 5.91. The van der Waals surface area contributed by atoms with Crippen molar-refractivity contribution in [1.82, 2.24) is 15.6 Å². The standard InChI is InChI=1S/C20H18FN3O7/c21-13-5-6-15(25)14(7-13)12-3-1-11(2-4-12)9-24(10-16(26)20(29)30)22-19(28)17-8-18(27)23-31-17/h1-8,16,25-26H,9-10H2,(H,22,28)(H,23,27)(H,29,30)/t16-/m0/s1. The van der Waals surface area contributed by atoms with Gasteiger partial charge < -0.3 is 24.9 Å². The summed E-state index contributed by atoms with van der Waals surface area (Å²) >= 11 is 0. The Labute approximate surface area is 174 Å². The van der Waals surface area contributed by atoms with Gasteiger partial charge in [0.15, 0.2) is 6.10 Å². The van der Waals surface area contributed by atoms with E-state index < -0.39 is 36.2 Å². The first kappa shape index (κ1) is 21.7. The number of aliphatic hydroxyl groups excluding tert-OH is 1. The second-order valence-electron chi connectivity index (χ2n) is 6.58. The van der Waals surface area contributed by atoms with Crippen LogP contribution in [-0.2, 0) is 11.3 Å². The van der Waals surface area contributed by atoms with Gasteiger partial charge >= 0.3 is 11.9 Å². The number of amides is 1. The Morgan fingerprint density at radius 1 is 1.13 bits per heavy atom. The largest absolute Gasteiger partial charge is 0.507 e. The van der Waals surface area contributed by atoms with E-state index in [1.165, 1.54) is 12.1 Å². The number of aromatic hydroxyl groups is 2. The number of aromatic nitrogens is 1. The van der Waals surface area contributed by atoms with Crippen LogP contribution in [0.3, 0.4) is 0 Å². The third kappa shape index (κ3) is 5.56. The molecule has 1 atom stereocenters. The zero-order valence-corrected chi connectivity index (χ0v) is 15.9. The van der Waals surface area contributed by atoms with E-state index in [2.05, 4.69) is 15.1 Å². The van der Waals surface area contributed by atoms with Crippen molar-refractivity contribution in [3.63, 3.8) is 0 Å². The molecule has 0 fully saturated rings. The van der Waals surface area contributed by atoms with E-state index in [0.717, 1.165) is 17.1 Å². The van der Waals surface area contributed by atoms with Gasteiger partial charge in [-0.1, -0.05) is 24.3 Å². The first-order valence-corrected chi connectivity index (χ1v) is 8.93. The Balaban J connectivity index is 1.77. The summed E-state index contributed by atoms with van der Waals surface area (Å²) in [6.45, 7) is -0.459. The molecule has 0 aliphatic carbocycles. The monoisotopic (exact) mass is 431 g/mol. The molecule has 0 saturated carbocycles. The van der Waals surface area contributed by atoms with Gasteiger partial charge in [0.05, 0.1) is 12.6 Å². The van der Waals surface area contributed by atoms with E-state index in [9.17, 15) is 29.3 Å². The molecule has 1 aromatic heterocycles. The summed E-state index contributed by atoms with van der Waals surface area (Å²) in [5.41, 5.74) is 3.82. The van der Waals surface area contributed by atoms with Crippen molar-refractivity contribution in [3.05, 3.63) is 65.7 Å². The molecule has 3 rings (SSSR count). The molecule has 0 saturated heterocycles. The summed E-state index contributed by atoms with van der Waals surface area (Å²) in [6.07, 6.45) is -1.79. The van der Waals surface area contributed by atoms with Crippen LogP contribution >= 0.6 is 0 Å². The van der Waals surface area contributed by atoms with Crippen LogP contribution in [0.4, 0.5) is 4.39 Å². The van der Waals surface area contributed by atoms with Gasteiger partial charge in [-0.25, -0.2) is 14.2 Å².